The van der Waals surface area contributed by atoms with E-state index in [9.17, 15) is 14.4 Å². The quantitative estimate of drug-likeness (QED) is 0.454. The van der Waals surface area contributed by atoms with E-state index in [0.29, 0.717) is 0 Å². The van der Waals surface area contributed by atoms with Gasteiger partial charge in [-0.25, -0.2) is 4.79 Å². The maximum atomic E-state index is 11.8. The van der Waals surface area contributed by atoms with Gasteiger partial charge in [-0.3, -0.25) is 9.59 Å². The van der Waals surface area contributed by atoms with Gasteiger partial charge in [0.15, 0.2) is 6.10 Å². The molecule has 124 valence electrons. The van der Waals surface area contributed by atoms with Gasteiger partial charge >= 0.3 is 17.9 Å². The van der Waals surface area contributed by atoms with Gasteiger partial charge in [0.05, 0.1) is 0 Å². The van der Waals surface area contributed by atoms with Crippen LogP contribution in [0, 0.1) is 0 Å². The fraction of sp³-hybridized carbons (Fsp3) is 0.312. The van der Waals surface area contributed by atoms with Gasteiger partial charge in [-0.2, -0.15) is 0 Å². The first-order valence-corrected chi connectivity index (χ1v) is 6.88. The first-order valence-electron chi connectivity index (χ1n) is 6.88. The highest BCUT2D eigenvalue weighted by molar-refractivity contribution is 5.92. The van der Waals surface area contributed by atoms with Gasteiger partial charge in [0.2, 0.25) is 0 Å². The Kier molecular flexibility index (Phi) is 7.32. The number of esters is 3. The first kappa shape index (κ1) is 18.2. The van der Waals surface area contributed by atoms with E-state index in [1.807, 2.05) is 6.07 Å². The monoisotopic (exact) mass is 321 g/mol. The largest absolute Gasteiger partial charge is 0.462 e. The van der Waals surface area contributed by atoms with Crippen LogP contribution < -0.4 is 5.73 Å². The van der Waals surface area contributed by atoms with Crippen molar-refractivity contribution >= 4 is 24.0 Å². The second-order valence-corrected chi connectivity index (χ2v) is 4.64. The molecule has 1 rings (SSSR count). The van der Waals surface area contributed by atoms with Crippen molar-refractivity contribution in [1.29, 1.82) is 0 Å². The minimum atomic E-state index is -0.884. The number of benzene rings is 1. The molecule has 1 atom stereocenters. The Morgan fingerprint density at radius 3 is 2.22 bits per heavy atom. The normalized spacial score (nSPS) is 12.2. The zero-order valence-electron chi connectivity index (χ0n) is 13.0. The Hall–Kier alpha value is -2.83. The summed E-state index contributed by atoms with van der Waals surface area (Å²) in [5.41, 5.74) is 6.31. The first-order chi connectivity index (χ1) is 10.9. The van der Waals surface area contributed by atoms with Crippen LogP contribution in [0.4, 0.5) is 0 Å². The van der Waals surface area contributed by atoms with Gasteiger partial charge in [0.25, 0.3) is 0 Å². The van der Waals surface area contributed by atoms with Crippen LogP contribution in [0.5, 0.6) is 0 Å². The average molecular weight is 321 g/mol. The second-order valence-electron chi connectivity index (χ2n) is 4.64. The van der Waals surface area contributed by atoms with E-state index in [1.165, 1.54) is 19.9 Å². The molecule has 1 unspecified atom stereocenters. The SMILES string of the molecule is CC(=O)OCC(COC(=O)/C(N)=C\c1ccccc1)OC(C)=O. The summed E-state index contributed by atoms with van der Waals surface area (Å²) in [4.78, 5) is 33.6. The van der Waals surface area contributed by atoms with E-state index in [4.69, 9.17) is 19.9 Å². The number of hydrogen-bond acceptors (Lipinski definition) is 7. The van der Waals surface area contributed by atoms with E-state index in [-0.39, 0.29) is 18.9 Å². The van der Waals surface area contributed by atoms with E-state index < -0.39 is 24.0 Å². The fourth-order valence-corrected chi connectivity index (χ4v) is 1.60. The number of nitrogens with two attached hydrogens (primary N) is 1. The predicted octanol–water partition coefficient (Wildman–Crippen LogP) is 1.02. The molecule has 0 heterocycles. The second kappa shape index (κ2) is 9.24. The van der Waals surface area contributed by atoms with Crippen molar-refractivity contribution < 1.29 is 28.6 Å². The van der Waals surface area contributed by atoms with Gasteiger partial charge in [-0.15, -0.1) is 0 Å². The van der Waals surface area contributed by atoms with Gasteiger partial charge in [0.1, 0.15) is 18.9 Å². The third-order valence-electron chi connectivity index (χ3n) is 2.56. The van der Waals surface area contributed by atoms with Crippen LogP contribution in [0.1, 0.15) is 19.4 Å². The summed E-state index contributed by atoms with van der Waals surface area (Å²) in [6, 6.07) is 9.01. The van der Waals surface area contributed by atoms with E-state index in [2.05, 4.69) is 0 Å². The lowest BCUT2D eigenvalue weighted by molar-refractivity contribution is -0.163. The summed E-state index contributed by atoms with van der Waals surface area (Å²) < 4.78 is 14.6. The number of carbonyl (C=O) groups is 3. The molecule has 0 radical (unpaired) electrons. The molecule has 1 aromatic carbocycles. The van der Waals surface area contributed by atoms with E-state index in [0.717, 1.165) is 5.56 Å². The van der Waals surface area contributed by atoms with Gasteiger partial charge in [-0.1, -0.05) is 30.3 Å². The molecule has 0 aliphatic heterocycles. The molecule has 0 aliphatic carbocycles. The lowest BCUT2D eigenvalue weighted by Gasteiger charge is -2.16. The number of rotatable bonds is 7. The van der Waals surface area contributed by atoms with Crippen LogP contribution in [0.3, 0.4) is 0 Å². The zero-order valence-corrected chi connectivity index (χ0v) is 13.0. The predicted molar refractivity (Wildman–Crippen MR) is 81.8 cm³/mol. The van der Waals surface area contributed by atoms with Crippen molar-refractivity contribution in [2.24, 2.45) is 5.73 Å². The summed E-state index contributed by atoms with van der Waals surface area (Å²) in [7, 11) is 0. The molecule has 2 N–H and O–H groups in total. The van der Waals surface area contributed by atoms with Gasteiger partial charge in [0, 0.05) is 13.8 Å². The van der Waals surface area contributed by atoms with Crippen LogP contribution >= 0.6 is 0 Å². The zero-order chi connectivity index (χ0) is 17.2. The molecule has 0 saturated heterocycles. The third kappa shape index (κ3) is 7.66. The molecule has 23 heavy (non-hydrogen) atoms. The van der Waals surface area contributed by atoms with Gasteiger partial charge in [-0.05, 0) is 11.6 Å². The molecule has 1 aromatic rings. The molecular formula is C16H19NO6. The van der Waals surface area contributed by atoms with E-state index in [1.54, 1.807) is 24.3 Å². The molecule has 0 aliphatic rings. The minimum absolute atomic E-state index is 0.0924. The lowest BCUT2D eigenvalue weighted by Crippen LogP contribution is -2.30. The Morgan fingerprint density at radius 1 is 1.04 bits per heavy atom. The number of ether oxygens (including phenoxy) is 3. The Morgan fingerprint density at radius 2 is 1.65 bits per heavy atom. The molecule has 0 aromatic heterocycles. The lowest BCUT2D eigenvalue weighted by atomic mass is 10.2. The molecule has 0 bridgehead atoms. The highest BCUT2D eigenvalue weighted by atomic mass is 16.6. The third-order valence-corrected chi connectivity index (χ3v) is 2.56. The van der Waals surface area contributed by atoms with Crippen molar-refractivity contribution in [1.82, 2.24) is 0 Å². The van der Waals surface area contributed by atoms with Crippen molar-refractivity contribution in [2.45, 2.75) is 20.0 Å². The highest BCUT2D eigenvalue weighted by Crippen LogP contribution is 2.05. The Bertz CT molecular complexity index is 581. The fourth-order valence-electron chi connectivity index (χ4n) is 1.60. The Balaban J connectivity index is 2.57. The van der Waals surface area contributed by atoms with Crippen LogP contribution in [0.15, 0.2) is 36.0 Å². The molecular weight excluding hydrogens is 302 g/mol. The topological polar surface area (TPSA) is 105 Å². The van der Waals surface area contributed by atoms with E-state index >= 15 is 0 Å². The summed E-state index contributed by atoms with van der Waals surface area (Å²) >= 11 is 0. The molecule has 7 nitrogen and oxygen atoms in total. The molecule has 7 heteroatoms. The molecule has 0 fully saturated rings. The minimum Gasteiger partial charge on any atom is -0.462 e. The van der Waals surface area contributed by atoms with Gasteiger partial charge < -0.3 is 19.9 Å². The standard InChI is InChI=1S/C16H19NO6/c1-11(18)21-9-14(23-12(2)19)10-22-16(20)15(17)8-13-6-4-3-5-7-13/h3-8,14H,9-10,17H2,1-2H3/b15-8+. The Labute approximate surface area is 134 Å². The maximum absolute atomic E-state index is 11.8. The van der Waals surface area contributed by atoms with Crippen LogP contribution in [-0.2, 0) is 28.6 Å². The van der Waals surface area contributed by atoms with Crippen molar-refractivity contribution in [3.63, 3.8) is 0 Å². The number of carbonyl (C=O) groups excluding carboxylic acids is 3. The van der Waals surface area contributed by atoms with Crippen LogP contribution in [0.2, 0.25) is 0 Å². The van der Waals surface area contributed by atoms with Crippen LogP contribution in [-0.4, -0.2) is 37.2 Å². The number of hydrogen-bond donors (Lipinski definition) is 1. The summed E-state index contributed by atoms with van der Waals surface area (Å²) in [5, 5.41) is 0. The molecule has 0 saturated carbocycles. The molecule has 0 spiro atoms. The highest BCUT2D eigenvalue weighted by Gasteiger charge is 2.17. The maximum Gasteiger partial charge on any atom is 0.354 e. The van der Waals surface area contributed by atoms with Crippen LogP contribution in [0.25, 0.3) is 6.08 Å². The average Bonchev–Trinajstić information content (AvgIpc) is 2.50. The molecule has 0 amide bonds. The summed E-state index contributed by atoms with van der Waals surface area (Å²) in [6.07, 6.45) is 0.583. The van der Waals surface area contributed by atoms with Crippen molar-refractivity contribution in [3.8, 4) is 0 Å². The van der Waals surface area contributed by atoms with Crippen molar-refractivity contribution in [3.05, 3.63) is 41.6 Å². The van der Waals surface area contributed by atoms with Crippen molar-refractivity contribution in [2.75, 3.05) is 13.2 Å². The summed E-state index contributed by atoms with van der Waals surface area (Å²) in [6.45, 7) is 1.95. The smallest absolute Gasteiger partial charge is 0.354 e. The summed E-state index contributed by atoms with van der Waals surface area (Å²) in [5.74, 6) is -1.86.